The number of ketones is 1. The van der Waals surface area contributed by atoms with Crippen molar-refractivity contribution in [3.8, 4) is 0 Å². The van der Waals surface area contributed by atoms with E-state index >= 15 is 0 Å². The fourth-order valence-electron chi connectivity index (χ4n) is 1.15. The topological polar surface area (TPSA) is 26.3 Å². The third kappa shape index (κ3) is 2.39. The van der Waals surface area contributed by atoms with Crippen LogP contribution >= 0.6 is 15.9 Å². The molecule has 0 spiro atoms. The second kappa shape index (κ2) is 4.66. The Morgan fingerprint density at radius 3 is 2.71 bits per heavy atom. The third-order valence-corrected chi connectivity index (χ3v) is 2.36. The van der Waals surface area contributed by atoms with Gasteiger partial charge in [0.1, 0.15) is 5.82 Å². The lowest BCUT2D eigenvalue weighted by Crippen LogP contribution is -2.00. The lowest BCUT2D eigenvalue weighted by molar-refractivity contribution is 0.101. The van der Waals surface area contributed by atoms with Gasteiger partial charge in [0.25, 0.3) is 0 Å². The number of ether oxygens (including phenoxy) is 1. The molecule has 4 heteroatoms. The van der Waals surface area contributed by atoms with E-state index < -0.39 is 5.82 Å². The Kier molecular flexibility index (Phi) is 3.77. The molecule has 0 aromatic heterocycles. The van der Waals surface area contributed by atoms with E-state index in [9.17, 15) is 9.18 Å². The van der Waals surface area contributed by atoms with Crippen molar-refractivity contribution < 1.29 is 13.9 Å². The smallest absolute Gasteiger partial charge is 0.162 e. The molecule has 0 unspecified atom stereocenters. The molecule has 0 N–H and O–H groups in total. The van der Waals surface area contributed by atoms with Crippen molar-refractivity contribution in [2.45, 2.75) is 13.5 Å². The van der Waals surface area contributed by atoms with Crippen LogP contribution in [0.1, 0.15) is 22.8 Å². The number of methoxy groups -OCH3 is 1. The van der Waals surface area contributed by atoms with Crippen molar-refractivity contribution in [2.24, 2.45) is 0 Å². The van der Waals surface area contributed by atoms with Crippen LogP contribution in [0.15, 0.2) is 16.6 Å². The Hall–Kier alpha value is -0.740. The molecular formula is C10H10BrFO2. The molecular weight excluding hydrogens is 251 g/mol. The van der Waals surface area contributed by atoms with Gasteiger partial charge in [-0.05, 0) is 40.5 Å². The zero-order chi connectivity index (χ0) is 10.7. The first kappa shape index (κ1) is 11.3. The van der Waals surface area contributed by atoms with Gasteiger partial charge >= 0.3 is 0 Å². The molecule has 76 valence electrons. The predicted molar refractivity (Wildman–Crippen MR) is 54.8 cm³/mol. The van der Waals surface area contributed by atoms with Crippen molar-refractivity contribution in [1.82, 2.24) is 0 Å². The van der Waals surface area contributed by atoms with E-state index in [1.54, 1.807) is 13.2 Å². The zero-order valence-corrected chi connectivity index (χ0v) is 9.52. The predicted octanol–water partition coefficient (Wildman–Crippen LogP) is 2.94. The molecule has 0 bridgehead atoms. The van der Waals surface area contributed by atoms with E-state index in [-0.39, 0.29) is 15.8 Å². The van der Waals surface area contributed by atoms with Crippen molar-refractivity contribution >= 4 is 21.7 Å². The number of Topliss-reactive ketones (excluding diaryl/α,β-unsaturated/α-hetero) is 1. The van der Waals surface area contributed by atoms with Gasteiger partial charge in [0.05, 0.1) is 16.6 Å². The number of hydrogen-bond donors (Lipinski definition) is 0. The van der Waals surface area contributed by atoms with E-state index in [2.05, 4.69) is 15.9 Å². The average Bonchev–Trinajstić information content (AvgIpc) is 2.11. The molecule has 2 nitrogen and oxygen atoms in total. The summed E-state index contributed by atoms with van der Waals surface area (Å²) in [6.07, 6.45) is 0. The minimum atomic E-state index is -0.516. The van der Waals surface area contributed by atoms with Gasteiger partial charge in [-0.25, -0.2) is 4.39 Å². The summed E-state index contributed by atoms with van der Waals surface area (Å²) in [5, 5.41) is 0. The Bertz CT molecular complexity index is 363. The van der Waals surface area contributed by atoms with Crippen LogP contribution in [0.4, 0.5) is 4.39 Å². The lowest BCUT2D eigenvalue weighted by Gasteiger charge is -2.05. The molecule has 0 saturated heterocycles. The van der Waals surface area contributed by atoms with Gasteiger partial charge in [0.15, 0.2) is 5.78 Å². The first-order valence-electron chi connectivity index (χ1n) is 4.04. The van der Waals surface area contributed by atoms with E-state index in [0.717, 1.165) is 5.56 Å². The summed E-state index contributed by atoms with van der Waals surface area (Å²) in [6, 6.07) is 3.11. The van der Waals surface area contributed by atoms with Crippen LogP contribution in [0.25, 0.3) is 0 Å². The maximum Gasteiger partial charge on any atom is 0.162 e. The lowest BCUT2D eigenvalue weighted by atomic mass is 10.1. The van der Waals surface area contributed by atoms with Gasteiger partial charge < -0.3 is 4.74 Å². The highest BCUT2D eigenvalue weighted by Gasteiger charge is 2.12. The number of carbonyl (C=O) groups excluding carboxylic acids is 1. The fourth-order valence-corrected chi connectivity index (χ4v) is 1.66. The molecule has 0 saturated carbocycles. The number of carbonyl (C=O) groups is 1. The maximum atomic E-state index is 13.4. The van der Waals surface area contributed by atoms with Gasteiger partial charge in [-0.3, -0.25) is 4.79 Å². The van der Waals surface area contributed by atoms with Crippen molar-refractivity contribution in [3.05, 3.63) is 33.5 Å². The summed E-state index contributed by atoms with van der Waals surface area (Å²) < 4.78 is 18.6. The number of benzene rings is 1. The van der Waals surface area contributed by atoms with Crippen LogP contribution in [0, 0.1) is 5.82 Å². The van der Waals surface area contributed by atoms with Crippen LogP contribution < -0.4 is 0 Å². The maximum absolute atomic E-state index is 13.4. The molecule has 14 heavy (non-hydrogen) atoms. The molecule has 0 aliphatic carbocycles. The highest BCUT2D eigenvalue weighted by atomic mass is 79.9. The van der Waals surface area contributed by atoms with Gasteiger partial charge in [0.2, 0.25) is 0 Å². The van der Waals surface area contributed by atoms with E-state index in [0.29, 0.717) is 6.61 Å². The Morgan fingerprint density at radius 1 is 1.57 bits per heavy atom. The second-order valence-electron chi connectivity index (χ2n) is 2.93. The number of rotatable bonds is 3. The quantitative estimate of drug-likeness (QED) is 0.782. The molecule has 1 rings (SSSR count). The molecule has 0 radical (unpaired) electrons. The summed E-state index contributed by atoms with van der Waals surface area (Å²) in [7, 11) is 1.55. The second-order valence-corrected chi connectivity index (χ2v) is 3.78. The molecule has 0 aliphatic heterocycles. The summed E-state index contributed by atoms with van der Waals surface area (Å²) in [4.78, 5) is 11.1. The number of hydrogen-bond acceptors (Lipinski definition) is 2. The normalized spacial score (nSPS) is 10.3. The average molecular weight is 261 g/mol. The van der Waals surface area contributed by atoms with E-state index in [1.807, 2.05) is 0 Å². The molecule has 0 heterocycles. The minimum Gasteiger partial charge on any atom is -0.380 e. The van der Waals surface area contributed by atoms with Gasteiger partial charge in [-0.1, -0.05) is 0 Å². The first-order chi connectivity index (χ1) is 6.56. The molecule has 0 fully saturated rings. The first-order valence-corrected chi connectivity index (χ1v) is 4.83. The van der Waals surface area contributed by atoms with Gasteiger partial charge in [-0.2, -0.15) is 0 Å². The molecule has 1 aromatic carbocycles. The summed E-state index contributed by atoms with van der Waals surface area (Å²) in [6.45, 7) is 1.70. The largest absolute Gasteiger partial charge is 0.380 e. The van der Waals surface area contributed by atoms with Gasteiger partial charge in [0, 0.05) is 7.11 Å². The molecule has 0 aliphatic rings. The summed E-state index contributed by atoms with van der Waals surface area (Å²) in [5.41, 5.74) is 0.859. The zero-order valence-electron chi connectivity index (χ0n) is 7.93. The molecule has 1 aromatic rings. The number of halogens is 2. The van der Waals surface area contributed by atoms with E-state index in [1.165, 1.54) is 13.0 Å². The van der Waals surface area contributed by atoms with Crippen molar-refractivity contribution in [3.63, 3.8) is 0 Å². The Balaban J connectivity index is 3.21. The Labute approximate surface area is 90.2 Å². The van der Waals surface area contributed by atoms with Crippen LogP contribution in [0.5, 0.6) is 0 Å². The van der Waals surface area contributed by atoms with Crippen LogP contribution in [-0.4, -0.2) is 12.9 Å². The summed E-state index contributed by atoms with van der Waals surface area (Å²) in [5.74, 6) is -0.807. The highest BCUT2D eigenvalue weighted by molar-refractivity contribution is 9.10. The standard InChI is InChI=1S/C10H10BrFO2/c1-6(13)8-3-7(5-14-2)4-9(11)10(8)12/h3-4H,5H2,1-2H3. The monoisotopic (exact) mass is 260 g/mol. The van der Waals surface area contributed by atoms with Crippen molar-refractivity contribution in [2.75, 3.05) is 7.11 Å². The molecule has 0 amide bonds. The SMILES string of the molecule is COCc1cc(Br)c(F)c(C(C)=O)c1. The minimum absolute atomic E-state index is 0.0893. The van der Waals surface area contributed by atoms with Crippen molar-refractivity contribution in [1.29, 1.82) is 0 Å². The summed E-state index contributed by atoms with van der Waals surface area (Å²) >= 11 is 3.05. The van der Waals surface area contributed by atoms with Crippen LogP contribution in [-0.2, 0) is 11.3 Å². The third-order valence-electron chi connectivity index (χ3n) is 1.78. The fraction of sp³-hybridized carbons (Fsp3) is 0.300. The highest BCUT2D eigenvalue weighted by Crippen LogP contribution is 2.22. The Morgan fingerprint density at radius 2 is 2.21 bits per heavy atom. The van der Waals surface area contributed by atoms with Gasteiger partial charge in [-0.15, -0.1) is 0 Å². The van der Waals surface area contributed by atoms with E-state index in [4.69, 9.17) is 4.74 Å². The molecule has 0 atom stereocenters. The van der Waals surface area contributed by atoms with Crippen LogP contribution in [0.3, 0.4) is 0 Å². The van der Waals surface area contributed by atoms with Crippen LogP contribution in [0.2, 0.25) is 0 Å².